The number of piperidine rings is 1. The zero-order chi connectivity index (χ0) is 23.0. The summed E-state index contributed by atoms with van der Waals surface area (Å²) in [6.45, 7) is 1.04. The molecule has 32 heavy (non-hydrogen) atoms. The molecule has 1 saturated heterocycles. The Bertz CT molecular complexity index is 1110. The minimum Gasteiger partial charge on any atom is -0.357 e. The third kappa shape index (κ3) is 4.48. The van der Waals surface area contributed by atoms with Crippen molar-refractivity contribution in [3.63, 3.8) is 0 Å². The summed E-state index contributed by atoms with van der Waals surface area (Å²) in [4.78, 5) is 23.9. The highest BCUT2D eigenvalue weighted by Crippen LogP contribution is 2.33. The number of benzene rings is 1. The van der Waals surface area contributed by atoms with Gasteiger partial charge in [-0.05, 0) is 62.8 Å². The Hall–Kier alpha value is -2.94. The Kier molecular flexibility index (Phi) is 5.94. The molecule has 1 amide bonds. The van der Waals surface area contributed by atoms with Crippen LogP contribution in [0, 0.1) is 5.82 Å². The minimum absolute atomic E-state index is 0.0349. The Morgan fingerprint density at radius 1 is 1.19 bits per heavy atom. The summed E-state index contributed by atoms with van der Waals surface area (Å²) in [7, 11) is 3.60. The molecule has 1 fully saturated rings. The highest BCUT2D eigenvalue weighted by molar-refractivity contribution is 5.83. The third-order valence-corrected chi connectivity index (χ3v) is 5.90. The summed E-state index contributed by atoms with van der Waals surface area (Å²) < 4.78 is 52.3. The average molecular weight is 448 g/mol. The van der Waals surface area contributed by atoms with E-state index in [2.05, 4.69) is 9.97 Å². The number of aromatic amines is 1. The first-order valence-corrected chi connectivity index (χ1v) is 10.4. The van der Waals surface area contributed by atoms with Crippen molar-refractivity contribution in [2.45, 2.75) is 31.0 Å². The number of amides is 1. The molecule has 2 atom stereocenters. The van der Waals surface area contributed by atoms with Gasteiger partial charge in [-0.15, -0.1) is 0 Å². The van der Waals surface area contributed by atoms with E-state index in [-0.39, 0.29) is 23.2 Å². The number of alkyl halides is 3. The second-order valence-corrected chi connectivity index (χ2v) is 8.39. The molecule has 3 aromatic rings. The molecular formula is C23H24F4N4O. The molecule has 0 saturated carbocycles. The van der Waals surface area contributed by atoms with Gasteiger partial charge in [0.2, 0.25) is 5.91 Å². The largest absolute Gasteiger partial charge is 0.433 e. The van der Waals surface area contributed by atoms with Crippen LogP contribution in [0.25, 0.3) is 11.0 Å². The van der Waals surface area contributed by atoms with E-state index in [0.29, 0.717) is 24.2 Å². The molecule has 1 aliphatic heterocycles. The number of nitrogens with one attached hydrogen (secondary N) is 1. The van der Waals surface area contributed by atoms with Gasteiger partial charge >= 0.3 is 6.18 Å². The lowest BCUT2D eigenvalue weighted by atomic mass is 9.93. The molecule has 0 bridgehead atoms. The third-order valence-electron chi connectivity index (χ3n) is 5.90. The zero-order valence-electron chi connectivity index (χ0n) is 17.8. The second-order valence-electron chi connectivity index (χ2n) is 8.39. The maximum absolute atomic E-state index is 13.4. The molecule has 170 valence electrons. The summed E-state index contributed by atoms with van der Waals surface area (Å²) in [5.74, 6) is -0.481. The Morgan fingerprint density at radius 3 is 2.56 bits per heavy atom. The lowest BCUT2D eigenvalue weighted by molar-refractivity contribution is -0.141. The van der Waals surface area contributed by atoms with Gasteiger partial charge in [-0.3, -0.25) is 9.69 Å². The predicted molar refractivity (Wildman–Crippen MR) is 112 cm³/mol. The van der Waals surface area contributed by atoms with E-state index < -0.39 is 17.9 Å². The van der Waals surface area contributed by atoms with Gasteiger partial charge in [0, 0.05) is 24.7 Å². The zero-order valence-corrected chi connectivity index (χ0v) is 17.8. The number of aromatic nitrogens is 2. The fourth-order valence-corrected chi connectivity index (χ4v) is 4.32. The van der Waals surface area contributed by atoms with Gasteiger partial charge in [-0.2, -0.15) is 13.2 Å². The highest BCUT2D eigenvalue weighted by Gasteiger charge is 2.34. The van der Waals surface area contributed by atoms with Crippen LogP contribution in [-0.4, -0.2) is 52.9 Å². The van der Waals surface area contributed by atoms with Crippen molar-refractivity contribution in [1.29, 1.82) is 0 Å². The normalized spacial score (nSPS) is 18.3. The van der Waals surface area contributed by atoms with Crippen LogP contribution in [0.5, 0.6) is 0 Å². The van der Waals surface area contributed by atoms with Gasteiger partial charge in [0.1, 0.15) is 17.6 Å². The molecule has 1 N–H and O–H groups in total. The van der Waals surface area contributed by atoms with Crippen LogP contribution in [0.4, 0.5) is 17.6 Å². The van der Waals surface area contributed by atoms with Crippen LogP contribution in [0.1, 0.15) is 41.8 Å². The number of carbonyl (C=O) groups excluding carboxylic acids is 1. The monoisotopic (exact) mass is 448 g/mol. The minimum atomic E-state index is -4.50. The van der Waals surface area contributed by atoms with Gasteiger partial charge < -0.3 is 9.88 Å². The lowest BCUT2D eigenvalue weighted by Gasteiger charge is -2.36. The van der Waals surface area contributed by atoms with Crippen molar-refractivity contribution < 1.29 is 22.4 Å². The summed E-state index contributed by atoms with van der Waals surface area (Å²) in [6.07, 6.45) is -2.91. The number of pyridine rings is 1. The topological polar surface area (TPSA) is 52.2 Å². The maximum Gasteiger partial charge on any atom is 0.433 e. The molecule has 0 spiro atoms. The van der Waals surface area contributed by atoms with E-state index in [1.165, 1.54) is 18.2 Å². The molecule has 0 radical (unpaired) electrons. The fraction of sp³-hybridized carbons (Fsp3) is 0.391. The number of hydrogen-bond donors (Lipinski definition) is 1. The summed E-state index contributed by atoms with van der Waals surface area (Å²) in [6, 6.07) is 9.35. The standard InChI is InChI=1S/C23H24F4N4O/c1-30(2)21(14-5-7-16(24)8-6-14)22(32)31-11-3-4-15(13-31)18-12-19-17(28-18)9-10-20(29-19)23(25,26)27/h5-10,12,15,21,28H,3-4,11,13H2,1-2H3/t15-,21-/m0/s1. The number of halogens is 4. The number of carbonyl (C=O) groups is 1. The average Bonchev–Trinajstić information content (AvgIpc) is 3.18. The first-order chi connectivity index (χ1) is 15.1. The number of H-pyrrole nitrogens is 1. The summed E-state index contributed by atoms with van der Waals surface area (Å²) in [5, 5.41) is 0. The van der Waals surface area contributed by atoms with E-state index in [4.69, 9.17) is 0 Å². The van der Waals surface area contributed by atoms with E-state index in [0.717, 1.165) is 24.6 Å². The first kappa shape index (κ1) is 22.3. The first-order valence-electron chi connectivity index (χ1n) is 10.4. The highest BCUT2D eigenvalue weighted by atomic mass is 19.4. The van der Waals surface area contributed by atoms with Crippen molar-refractivity contribution in [2.24, 2.45) is 0 Å². The van der Waals surface area contributed by atoms with Crippen LogP contribution < -0.4 is 0 Å². The van der Waals surface area contributed by atoms with E-state index in [9.17, 15) is 22.4 Å². The molecular weight excluding hydrogens is 424 g/mol. The Balaban J connectivity index is 1.56. The van der Waals surface area contributed by atoms with Crippen molar-refractivity contribution in [2.75, 3.05) is 27.2 Å². The number of rotatable bonds is 4. The van der Waals surface area contributed by atoms with Crippen LogP contribution in [0.15, 0.2) is 42.5 Å². The quantitative estimate of drug-likeness (QED) is 0.587. The molecule has 0 unspecified atom stereocenters. The van der Waals surface area contributed by atoms with Crippen LogP contribution >= 0.6 is 0 Å². The number of hydrogen-bond acceptors (Lipinski definition) is 3. The summed E-state index contributed by atoms with van der Waals surface area (Å²) in [5.41, 5.74) is 1.35. The Labute approximate surface area is 183 Å². The second kappa shape index (κ2) is 8.54. The Morgan fingerprint density at radius 2 is 1.91 bits per heavy atom. The number of likely N-dealkylation sites (N-methyl/N-ethyl adjacent to an activating group) is 1. The molecule has 5 nitrogen and oxygen atoms in total. The number of fused-ring (bicyclic) bond motifs is 1. The SMILES string of the molecule is CN(C)[C@H](C(=O)N1CCC[C@H](c2cc3nc(C(F)(F)F)ccc3[nH]2)C1)c1ccc(F)cc1. The molecule has 1 aliphatic rings. The van der Waals surface area contributed by atoms with Gasteiger partial charge in [0.25, 0.3) is 0 Å². The van der Waals surface area contributed by atoms with Gasteiger partial charge in [0.15, 0.2) is 0 Å². The van der Waals surface area contributed by atoms with Crippen molar-refractivity contribution in [1.82, 2.24) is 19.8 Å². The molecule has 2 aromatic heterocycles. The van der Waals surface area contributed by atoms with Gasteiger partial charge in [-0.25, -0.2) is 9.37 Å². The van der Waals surface area contributed by atoms with E-state index in [1.54, 1.807) is 42.1 Å². The molecule has 9 heteroatoms. The maximum atomic E-state index is 13.4. The smallest absolute Gasteiger partial charge is 0.357 e. The fourth-order valence-electron chi connectivity index (χ4n) is 4.32. The number of likely N-dealkylation sites (tertiary alicyclic amines) is 1. The van der Waals surface area contributed by atoms with Crippen molar-refractivity contribution >= 4 is 16.9 Å². The van der Waals surface area contributed by atoms with Gasteiger partial charge in [0.05, 0.1) is 11.0 Å². The van der Waals surface area contributed by atoms with E-state index >= 15 is 0 Å². The van der Waals surface area contributed by atoms with Crippen LogP contribution in [-0.2, 0) is 11.0 Å². The van der Waals surface area contributed by atoms with Crippen LogP contribution in [0.2, 0.25) is 0 Å². The van der Waals surface area contributed by atoms with Crippen LogP contribution in [0.3, 0.4) is 0 Å². The van der Waals surface area contributed by atoms with Crippen molar-refractivity contribution in [3.8, 4) is 0 Å². The van der Waals surface area contributed by atoms with Crippen molar-refractivity contribution in [3.05, 3.63) is 65.2 Å². The predicted octanol–water partition coefficient (Wildman–Crippen LogP) is 4.73. The molecule has 0 aliphatic carbocycles. The summed E-state index contributed by atoms with van der Waals surface area (Å²) >= 11 is 0. The molecule has 1 aromatic carbocycles. The van der Waals surface area contributed by atoms with Gasteiger partial charge in [-0.1, -0.05) is 12.1 Å². The molecule has 4 rings (SSSR count). The van der Waals surface area contributed by atoms with E-state index in [1.807, 2.05) is 0 Å². The lowest BCUT2D eigenvalue weighted by Crippen LogP contribution is -2.45. The number of nitrogens with zero attached hydrogens (tertiary/aromatic N) is 3. The molecule has 3 heterocycles.